The monoisotopic (exact) mass is 611 g/mol. The third kappa shape index (κ3) is 8.29. The first-order valence-electron chi connectivity index (χ1n) is 14.1. The number of nitrogens with one attached hydrogen (secondary N) is 1. The Labute approximate surface area is 254 Å². The molecule has 0 bridgehead atoms. The number of hydrogen-bond donors (Lipinski definition) is 1. The van der Waals surface area contributed by atoms with E-state index in [-0.39, 0.29) is 29.1 Å². The van der Waals surface area contributed by atoms with Crippen LogP contribution in [0.5, 0.6) is 5.75 Å². The van der Waals surface area contributed by atoms with E-state index < -0.39 is 28.5 Å². The minimum absolute atomic E-state index is 0.0502. The highest BCUT2D eigenvalue weighted by Crippen LogP contribution is 2.33. The number of carbonyl (C=O) groups excluding carboxylic acids is 2. The molecule has 3 aromatic carbocycles. The van der Waals surface area contributed by atoms with Crippen LogP contribution in [0, 0.1) is 6.92 Å². The highest BCUT2D eigenvalue weighted by molar-refractivity contribution is 7.98. The molecule has 0 aliphatic heterocycles. The molecule has 0 saturated carbocycles. The summed E-state index contributed by atoms with van der Waals surface area (Å²) in [5, 5.41) is 2.92. The highest BCUT2D eigenvalue weighted by atomic mass is 32.2. The summed E-state index contributed by atoms with van der Waals surface area (Å²) in [6, 6.07) is 20.1. The third-order valence-electron chi connectivity index (χ3n) is 6.61. The lowest BCUT2D eigenvalue weighted by molar-refractivity contribution is -0.140. The second-order valence-electron chi connectivity index (χ2n) is 10.2. The first kappa shape index (κ1) is 33.0. The zero-order chi connectivity index (χ0) is 30.9. The van der Waals surface area contributed by atoms with Gasteiger partial charge >= 0.3 is 0 Å². The molecule has 0 radical (unpaired) electrons. The summed E-state index contributed by atoms with van der Waals surface area (Å²) in [4.78, 5) is 30.0. The first-order chi connectivity index (χ1) is 20.0. The molecule has 0 fully saturated rings. The van der Waals surface area contributed by atoms with Crippen LogP contribution in [0.15, 0.2) is 82.6 Å². The molecule has 10 heteroatoms. The molecule has 0 aliphatic rings. The van der Waals surface area contributed by atoms with Gasteiger partial charge in [0.05, 0.1) is 17.2 Å². The van der Waals surface area contributed by atoms with E-state index >= 15 is 0 Å². The second-order valence-corrected chi connectivity index (χ2v) is 12.9. The van der Waals surface area contributed by atoms with Crippen molar-refractivity contribution in [2.24, 2.45) is 0 Å². The summed E-state index contributed by atoms with van der Waals surface area (Å²) in [5.41, 5.74) is 2.11. The fraction of sp³-hybridized carbons (Fsp3) is 0.375. The molecule has 42 heavy (non-hydrogen) atoms. The number of amides is 2. The number of carbonyl (C=O) groups is 2. The number of aryl methyl sites for hydroxylation is 1. The molecule has 1 N–H and O–H groups in total. The standard InChI is InChI=1S/C32H41N3O5S2/c1-7-28(32(37)33-23(3)4)34(21-25-13-11-12-24(5)20-25)31(36)22-35(29-14-9-10-15-30(29)40-8-2)42(38,39)27-18-16-26(41-6)17-19-27/h9-20,23,28H,7-8,21-22H2,1-6H3,(H,33,37)/t28-/m0/s1. The molecule has 0 spiro atoms. The van der Waals surface area contributed by atoms with Crippen LogP contribution in [-0.2, 0) is 26.2 Å². The Kier molecular flexibility index (Phi) is 11.9. The molecule has 226 valence electrons. The van der Waals surface area contributed by atoms with Crippen molar-refractivity contribution in [2.75, 3.05) is 23.7 Å². The van der Waals surface area contributed by atoms with Gasteiger partial charge in [-0.1, -0.05) is 48.9 Å². The number of rotatable bonds is 14. The van der Waals surface area contributed by atoms with Gasteiger partial charge in [0.25, 0.3) is 10.0 Å². The normalized spacial score (nSPS) is 12.1. The molecule has 3 rings (SSSR count). The summed E-state index contributed by atoms with van der Waals surface area (Å²) in [6.07, 6.45) is 2.27. The van der Waals surface area contributed by atoms with Crippen LogP contribution >= 0.6 is 11.8 Å². The quantitative estimate of drug-likeness (QED) is 0.237. The Morgan fingerprint density at radius 3 is 2.26 bits per heavy atom. The third-order valence-corrected chi connectivity index (χ3v) is 9.13. The summed E-state index contributed by atoms with van der Waals surface area (Å²) < 4.78 is 35.2. The number of para-hydroxylation sites is 2. The van der Waals surface area contributed by atoms with E-state index in [9.17, 15) is 18.0 Å². The fourth-order valence-electron chi connectivity index (χ4n) is 4.64. The van der Waals surface area contributed by atoms with Gasteiger partial charge < -0.3 is 15.0 Å². The lowest BCUT2D eigenvalue weighted by Crippen LogP contribution is -2.53. The van der Waals surface area contributed by atoms with Crippen LogP contribution in [-0.4, -0.2) is 56.6 Å². The zero-order valence-corrected chi connectivity index (χ0v) is 26.8. The number of thioether (sulfide) groups is 1. The predicted octanol–water partition coefficient (Wildman–Crippen LogP) is 5.64. The maximum absolute atomic E-state index is 14.3. The van der Waals surface area contributed by atoms with E-state index in [4.69, 9.17) is 4.74 Å². The van der Waals surface area contributed by atoms with Crippen LogP contribution in [0.1, 0.15) is 45.2 Å². The van der Waals surface area contributed by atoms with Crippen LogP contribution in [0.4, 0.5) is 5.69 Å². The minimum atomic E-state index is -4.20. The Balaban J connectivity index is 2.12. The van der Waals surface area contributed by atoms with Crippen molar-refractivity contribution in [1.82, 2.24) is 10.2 Å². The van der Waals surface area contributed by atoms with E-state index in [0.29, 0.717) is 18.8 Å². The highest BCUT2D eigenvalue weighted by Gasteiger charge is 2.35. The van der Waals surface area contributed by atoms with Gasteiger partial charge in [-0.3, -0.25) is 13.9 Å². The molecule has 8 nitrogen and oxygen atoms in total. The summed E-state index contributed by atoms with van der Waals surface area (Å²) >= 11 is 1.50. The average Bonchev–Trinajstić information content (AvgIpc) is 2.96. The molecule has 0 aromatic heterocycles. The molecule has 3 aromatic rings. The SMILES string of the molecule is CCOc1ccccc1N(CC(=O)N(Cc1cccc(C)c1)[C@@H](CC)C(=O)NC(C)C)S(=O)(=O)c1ccc(SC)cc1. The Bertz CT molecular complexity index is 1460. The van der Waals surface area contributed by atoms with Crippen molar-refractivity contribution >= 4 is 39.3 Å². The molecule has 0 unspecified atom stereocenters. The number of nitrogens with zero attached hydrogens (tertiary/aromatic N) is 2. The van der Waals surface area contributed by atoms with Gasteiger partial charge in [0.2, 0.25) is 11.8 Å². The largest absolute Gasteiger partial charge is 0.492 e. The minimum Gasteiger partial charge on any atom is -0.492 e. The molecule has 0 aliphatic carbocycles. The van der Waals surface area contributed by atoms with Crippen molar-refractivity contribution in [3.63, 3.8) is 0 Å². The lowest BCUT2D eigenvalue weighted by atomic mass is 10.1. The van der Waals surface area contributed by atoms with Gasteiger partial charge in [0.15, 0.2) is 0 Å². The first-order valence-corrected chi connectivity index (χ1v) is 16.7. The van der Waals surface area contributed by atoms with E-state index in [1.807, 2.05) is 65.1 Å². The number of sulfonamides is 1. The van der Waals surface area contributed by atoms with Gasteiger partial charge in [-0.05, 0) is 82.3 Å². The van der Waals surface area contributed by atoms with E-state index in [1.165, 1.54) is 28.8 Å². The molecular formula is C32H41N3O5S2. The van der Waals surface area contributed by atoms with Crippen LogP contribution in [0.25, 0.3) is 0 Å². The summed E-state index contributed by atoms with van der Waals surface area (Å²) in [5.74, 6) is -0.449. The number of ether oxygens (including phenoxy) is 1. The van der Waals surface area contributed by atoms with Gasteiger partial charge in [-0.2, -0.15) is 0 Å². The van der Waals surface area contributed by atoms with E-state index in [2.05, 4.69) is 5.32 Å². The molecule has 0 saturated heterocycles. The van der Waals surface area contributed by atoms with Crippen molar-refractivity contribution in [1.29, 1.82) is 0 Å². The van der Waals surface area contributed by atoms with Crippen LogP contribution < -0.4 is 14.4 Å². The maximum atomic E-state index is 14.3. The van der Waals surface area contributed by atoms with Gasteiger partial charge in [0, 0.05) is 17.5 Å². The van der Waals surface area contributed by atoms with Crippen molar-refractivity contribution in [3.8, 4) is 5.75 Å². The zero-order valence-electron chi connectivity index (χ0n) is 25.2. The molecule has 0 heterocycles. The lowest BCUT2D eigenvalue weighted by Gasteiger charge is -2.34. The topological polar surface area (TPSA) is 96.0 Å². The van der Waals surface area contributed by atoms with Gasteiger partial charge in [0.1, 0.15) is 18.3 Å². The number of hydrogen-bond acceptors (Lipinski definition) is 6. The van der Waals surface area contributed by atoms with Crippen molar-refractivity contribution in [3.05, 3.63) is 83.9 Å². The summed E-state index contributed by atoms with van der Waals surface area (Å²) in [7, 11) is -4.20. The van der Waals surface area contributed by atoms with Crippen LogP contribution in [0.3, 0.4) is 0 Å². The Morgan fingerprint density at radius 1 is 0.976 bits per heavy atom. The van der Waals surface area contributed by atoms with Crippen LogP contribution in [0.2, 0.25) is 0 Å². The average molecular weight is 612 g/mol. The maximum Gasteiger partial charge on any atom is 0.264 e. The molecule has 2 amide bonds. The van der Waals surface area contributed by atoms with Crippen molar-refractivity contribution in [2.45, 2.75) is 69.5 Å². The smallest absolute Gasteiger partial charge is 0.264 e. The van der Waals surface area contributed by atoms with Crippen molar-refractivity contribution < 1.29 is 22.7 Å². The Hall–Kier alpha value is -3.50. The Morgan fingerprint density at radius 2 is 1.67 bits per heavy atom. The fourth-order valence-corrected chi connectivity index (χ4v) is 6.47. The number of benzene rings is 3. The predicted molar refractivity (Wildman–Crippen MR) is 169 cm³/mol. The number of anilines is 1. The summed E-state index contributed by atoms with van der Waals surface area (Å²) in [6.45, 7) is 9.27. The second kappa shape index (κ2) is 15.1. The molecular weight excluding hydrogens is 571 g/mol. The molecule has 1 atom stereocenters. The van der Waals surface area contributed by atoms with E-state index in [1.54, 1.807) is 36.4 Å². The van der Waals surface area contributed by atoms with E-state index in [0.717, 1.165) is 20.3 Å². The van der Waals surface area contributed by atoms with Gasteiger partial charge in [-0.25, -0.2) is 8.42 Å². The van der Waals surface area contributed by atoms with Gasteiger partial charge in [-0.15, -0.1) is 11.8 Å².